The van der Waals surface area contributed by atoms with Gasteiger partial charge in [0.15, 0.2) is 0 Å². The Hall–Kier alpha value is -1.35. The predicted octanol–water partition coefficient (Wildman–Crippen LogP) is 2.95. The molecule has 0 aromatic heterocycles. The summed E-state index contributed by atoms with van der Waals surface area (Å²) in [5.41, 5.74) is 0.310. The van der Waals surface area contributed by atoms with Crippen LogP contribution in [0.4, 0.5) is 0 Å². The van der Waals surface area contributed by atoms with Gasteiger partial charge in [0.25, 0.3) is 0 Å². The van der Waals surface area contributed by atoms with E-state index in [2.05, 4.69) is 5.32 Å². The van der Waals surface area contributed by atoms with Gasteiger partial charge in [-0.2, -0.15) is 0 Å². The molecule has 0 saturated heterocycles. The van der Waals surface area contributed by atoms with E-state index in [9.17, 15) is 9.90 Å². The lowest BCUT2D eigenvalue weighted by molar-refractivity contribution is -0.128. The second-order valence-electron chi connectivity index (χ2n) is 5.66. The number of rotatable bonds is 4. The number of hydrogen-bond acceptors (Lipinski definition) is 2. The molecule has 1 aliphatic rings. The molecule has 1 fully saturated rings. The minimum absolute atomic E-state index is 0.0131. The monoisotopic (exact) mass is 261 g/mol. The van der Waals surface area contributed by atoms with Crippen LogP contribution in [0.5, 0.6) is 0 Å². The molecule has 19 heavy (non-hydrogen) atoms. The number of carbonyl (C=O) groups is 1. The molecule has 2 N–H and O–H groups in total. The van der Waals surface area contributed by atoms with Gasteiger partial charge in [-0.25, -0.2) is 0 Å². The Morgan fingerprint density at radius 3 is 2.53 bits per heavy atom. The molecule has 0 radical (unpaired) electrons. The lowest BCUT2D eigenvalue weighted by atomic mass is 9.82. The molecule has 1 unspecified atom stereocenters. The minimum atomic E-state index is -0.779. The number of amides is 1. The van der Waals surface area contributed by atoms with Crippen LogP contribution >= 0.6 is 0 Å². The standard InChI is InChI=1S/C16H23NO2/c1-13(14-8-4-2-5-9-14)17-15(18)12-16(19)10-6-3-7-11-16/h2,4-5,8-9,13,19H,3,6-7,10-12H2,1H3,(H,17,18). The Morgan fingerprint density at radius 2 is 1.89 bits per heavy atom. The molecule has 0 bridgehead atoms. The quantitative estimate of drug-likeness (QED) is 0.875. The molecule has 0 spiro atoms. The first-order valence-corrected chi connectivity index (χ1v) is 7.16. The Labute approximate surface area is 115 Å². The number of nitrogens with one attached hydrogen (secondary N) is 1. The van der Waals surface area contributed by atoms with Gasteiger partial charge in [0.2, 0.25) is 5.91 Å². The van der Waals surface area contributed by atoms with E-state index < -0.39 is 5.60 Å². The first kappa shape index (κ1) is 14.1. The molecule has 2 rings (SSSR count). The molecule has 1 atom stereocenters. The van der Waals surface area contributed by atoms with Crippen LogP contribution < -0.4 is 5.32 Å². The van der Waals surface area contributed by atoms with Gasteiger partial charge in [-0.05, 0) is 25.3 Å². The zero-order valence-electron chi connectivity index (χ0n) is 11.6. The molecule has 1 amide bonds. The third-order valence-corrected chi connectivity index (χ3v) is 3.95. The van der Waals surface area contributed by atoms with E-state index in [0.717, 1.165) is 31.2 Å². The van der Waals surface area contributed by atoms with Gasteiger partial charge in [-0.1, -0.05) is 49.6 Å². The maximum absolute atomic E-state index is 12.0. The van der Waals surface area contributed by atoms with Crippen LogP contribution in [0.15, 0.2) is 30.3 Å². The number of carbonyl (C=O) groups excluding carboxylic acids is 1. The van der Waals surface area contributed by atoms with Crippen LogP contribution in [0.1, 0.15) is 57.1 Å². The van der Waals surface area contributed by atoms with Crippen molar-refractivity contribution in [2.24, 2.45) is 0 Å². The Kier molecular flexibility index (Phi) is 4.59. The highest BCUT2D eigenvalue weighted by Gasteiger charge is 2.31. The lowest BCUT2D eigenvalue weighted by Crippen LogP contribution is -2.39. The van der Waals surface area contributed by atoms with Gasteiger partial charge < -0.3 is 10.4 Å². The van der Waals surface area contributed by atoms with Gasteiger partial charge in [-0.15, -0.1) is 0 Å². The van der Waals surface area contributed by atoms with Crippen molar-refractivity contribution < 1.29 is 9.90 Å². The van der Waals surface area contributed by atoms with Crippen LogP contribution in [0, 0.1) is 0 Å². The summed E-state index contributed by atoms with van der Waals surface area (Å²) >= 11 is 0. The predicted molar refractivity (Wildman–Crippen MR) is 75.7 cm³/mol. The van der Waals surface area contributed by atoms with Crippen molar-refractivity contribution in [3.8, 4) is 0 Å². The van der Waals surface area contributed by atoms with E-state index in [-0.39, 0.29) is 18.4 Å². The summed E-state index contributed by atoms with van der Waals surface area (Å²) in [6.45, 7) is 1.97. The van der Waals surface area contributed by atoms with Crippen LogP contribution in [0.3, 0.4) is 0 Å². The van der Waals surface area contributed by atoms with E-state index in [1.165, 1.54) is 6.42 Å². The normalized spacial score (nSPS) is 19.7. The van der Waals surface area contributed by atoms with Crippen molar-refractivity contribution in [2.75, 3.05) is 0 Å². The maximum Gasteiger partial charge on any atom is 0.223 e. The molecule has 0 heterocycles. The lowest BCUT2D eigenvalue weighted by Gasteiger charge is -2.31. The summed E-state index contributed by atoms with van der Waals surface area (Å²) in [5.74, 6) is -0.0549. The Morgan fingerprint density at radius 1 is 1.26 bits per heavy atom. The van der Waals surface area contributed by atoms with Crippen molar-refractivity contribution in [2.45, 2.75) is 57.1 Å². The van der Waals surface area contributed by atoms with E-state index in [0.29, 0.717) is 0 Å². The van der Waals surface area contributed by atoms with Gasteiger partial charge in [-0.3, -0.25) is 4.79 Å². The largest absolute Gasteiger partial charge is 0.389 e. The molecule has 0 aliphatic heterocycles. The smallest absolute Gasteiger partial charge is 0.223 e. The first-order chi connectivity index (χ1) is 9.09. The van der Waals surface area contributed by atoms with Crippen LogP contribution in [-0.4, -0.2) is 16.6 Å². The fraction of sp³-hybridized carbons (Fsp3) is 0.562. The fourth-order valence-electron chi connectivity index (χ4n) is 2.80. The Bertz CT molecular complexity index is 410. The zero-order valence-corrected chi connectivity index (χ0v) is 11.6. The summed E-state index contributed by atoms with van der Waals surface area (Å²) in [5, 5.41) is 13.3. The highest BCUT2D eigenvalue weighted by Crippen LogP contribution is 2.30. The first-order valence-electron chi connectivity index (χ1n) is 7.16. The fourth-order valence-corrected chi connectivity index (χ4v) is 2.80. The van der Waals surface area contributed by atoms with Crippen LogP contribution in [0.2, 0.25) is 0 Å². The van der Waals surface area contributed by atoms with Crippen LogP contribution in [-0.2, 0) is 4.79 Å². The number of hydrogen-bond donors (Lipinski definition) is 2. The van der Waals surface area contributed by atoms with Crippen molar-refractivity contribution in [3.63, 3.8) is 0 Å². The van der Waals surface area contributed by atoms with Gasteiger partial charge >= 0.3 is 0 Å². The van der Waals surface area contributed by atoms with Gasteiger partial charge in [0.05, 0.1) is 18.1 Å². The molecule has 1 aromatic carbocycles. The van der Waals surface area contributed by atoms with Gasteiger partial charge in [0.1, 0.15) is 0 Å². The zero-order chi connectivity index (χ0) is 13.7. The molecule has 1 saturated carbocycles. The second-order valence-corrected chi connectivity index (χ2v) is 5.66. The highest BCUT2D eigenvalue weighted by molar-refractivity contribution is 5.77. The third kappa shape index (κ3) is 4.06. The molecular weight excluding hydrogens is 238 g/mol. The Balaban J connectivity index is 1.87. The third-order valence-electron chi connectivity index (χ3n) is 3.95. The van der Waals surface area contributed by atoms with Crippen molar-refractivity contribution in [1.29, 1.82) is 0 Å². The minimum Gasteiger partial charge on any atom is -0.389 e. The SMILES string of the molecule is CC(NC(=O)CC1(O)CCCCC1)c1ccccc1. The topological polar surface area (TPSA) is 49.3 Å². The van der Waals surface area contributed by atoms with Crippen molar-refractivity contribution in [1.82, 2.24) is 5.32 Å². The summed E-state index contributed by atoms with van der Waals surface area (Å²) in [4.78, 5) is 12.0. The molecular formula is C16H23NO2. The second kappa shape index (κ2) is 6.20. The van der Waals surface area contributed by atoms with E-state index in [4.69, 9.17) is 0 Å². The van der Waals surface area contributed by atoms with E-state index >= 15 is 0 Å². The average Bonchev–Trinajstić information content (AvgIpc) is 2.39. The van der Waals surface area contributed by atoms with Crippen molar-refractivity contribution in [3.05, 3.63) is 35.9 Å². The molecule has 3 heteroatoms. The summed E-state index contributed by atoms with van der Waals surface area (Å²) < 4.78 is 0. The summed E-state index contributed by atoms with van der Waals surface area (Å²) in [7, 11) is 0. The van der Waals surface area contributed by atoms with E-state index in [1.54, 1.807) is 0 Å². The molecule has 104 valence electrons. The van der Waals surface area contributed by atoms with E-state index in [1.807, 2.05) is 37.3 Å². The summed E-state index contributed by atoms with van der Waals surface area (Å²) in [6.07, 6.45) is 4.95. The summed E-state index contributed by atoms with van der Waals surface area (Å²) in [6, 6.07) is 9.88. The van der Waals surface area contributed by atoms with Crippen LogP contribution in [0.25, 0.3) is 0 Å². The average molecular weight is 261 g/mol. The molecule has 1 aliphatic carbocycles. The molecule has 3 nitrogen and oxygen atoms in total. The van der Waals surface area contributed by atoms with Gasteiger partial charge in [0, 0.05) is 0 Å². The highest BCUT2D eigenvalue weighted by atomic mass is 16.3. The number of benzene rings is 1. The number of aliphatic hydroxyl groups is 1. The molecule has 1 aromatic rings. The van der Waals surface area contributed by atoms with Crippen molar-refractivity contribution >= 4 is 5.91 Å². The maximum atomic E-state index is 12.0.